The zero-order valence-corrected chi connectivity index (χ0v) is 11.1. The van der Waals surface area contributed by atoms with Crippen molar-refractivity contribution in [3.63, 3.8) is 0 Å². The SMILES string of the molecule is C=C(F)C(=O)N1CCc2cc(C)cc(C)c2C1C. The molecule has 0 bridgehead atoms. The van der Waals surface area contributed by atoms with Crippen molar-refractivity contribution in [3.05, 3.63) is 46.8 Å². The van der Waals surface area contributed by atoms with Crippen LogP contribution >= 0.6 is 0 Å². The van der Waals surface area contributed by atoms with Gasteiger partial charge in [-0.2, -0.15) is 0 Å². The van der Waals surface area contributed by atoms with Crippen molar-refractivity contribution in [2.24, 2.45) is 0 Å². The Morgan fingerprint density at radius 1 is 1.44 bits per heavy atom. The van der Waals surface area contributed by atoms with Crippen LogP contribution in [-0.2, 0) is 11.2 Å². The highest BCUT2D eigenvalue weighted by Crippen LogP contribution is 2.33. The average molecular weight is 247 g/mol. The molecule has 0 aliphatic carbocycles. The number of carbonyl (C=O) groups is 1. The molecule has 1 atom stereocenters. The second-order valence-electron chi connectivity index (χ2n) is 4.98. The summed E-state index contributed by atoms with van der Waals surface area (Å²) in [6, 6.07) is 4.17. The second kappa shape index (κ2) is 4.56. The van der Waals surface area contributed by atoms with Crippen molar-refractivity contribution < 1.29 is 9.18 Å². The molecule has 1 heterocycles. The number of hydrogen-bond donors (Lipinski definition) is 0. The summed E-state index contributed by atoms with van der Waals surface area (Å²) in [7, 11) is 0. The van der Waals surface area contributed by atoms with Gasteiger partial charge in [0.25, 0.3) is 5.91 Å². The molecule has 1 aliphatic rings. The Balaban J connectivity index is 2.42. The van der Waals surface area contributed by atoms with Gasteiger partial charge in [0.1, 0.15) is 0 Å². The lowest BCUT2D eigenvalue weighted by Gasteiger charge is -2.36. The Labute approximate surface area is 107 Å². The fourth-order valence-corrected chi connectivity index (χ4v) is 2.90. The predicted octanol–water partition coefficient (Wildman–Crippen LogP) is 3.23. The summed E-state index contributed by atoms with van der Waals surface area (Å²) in [5, 5.41) is 0. The fourth-order valence-electron chi connectivity index (χ4n) is 2.90. The first-order valence-corrected chi connectivity index (χ1v) is 6.17. The molecule has 1 aliphatic heterocycles. The van der Waals surface area contributed by atoms with Crippen molar-refractivity contribution in [1.82, 2.24) is 4.90 Å². The molecule has 1 aromatic rings. The third-order valence-corrected chi connectivity index (χ3v) is 3.62. The number of nitrogens with zero attached hydrogens (tertiary/aromatic N) is 1. The smallest absolute Gasteiger partial charge is 0.282 e. The highest BCUT2D eigenvalue weighted by atomic mass is 19.1. The number of benzene rings is 1. The van der Waals surface area contributed by atoms with Crippen LogP contribution in [0.3, 0.4) is 0 Å². The molecule has 0 spiro atoms. The summed E-state index contributed by atoms with van der Waals surface area (Å²) >= 11 is 0. The molecule has 0 saturated heterocycles. The molecule has 0 N–H and O–H groups in total. The van der Waals surface area contributed by atoms with Crippen LogP contribution in [0.5, 0.6) is 0 Å². The van der Waals surface area contributed by atoms with Crippen LogP contribution in [0.15, 0.2) is 24.5 Å². The lowest BCUT2D eigenvalue weighted by atomic mass is 9.88. The lowest BCUT2D eigenvalue weighted by Crippen LogP contribution is -2.39. The minimum absolute atomic E-state index is 0.0886. The number of fused-ring (bicyclic) bond motifs is 1. The Bertz CT molecular complexity index is 521. The van der Waals surface area contributed by atoms with Crippen molar-refractivity contribution in [1.29, 1.82) is 0 Å². The molecule has 2 nitrogen and oxygen atoms in total. The quantitative estimate of drug-likeness (QED) is 0.698. The van der Waals surface area contributed by atoms with E-state index in [1.807, 2.05) is 13.8 Å². The van der Waals surface area contributed by atoms with Gasteiger partial charge in [0.05, 0.1) is 6.04 Å². The summed E-state index contributed by atoms with van der Waals surface area (Å²) in [5.41, 5.74) is 4.82. The monoisotopic (exact) mass is 247 g/mol. The van der Waals surface area contributed by atoms with Crippen molar-refractivity contribution in [3.8, 4) is 0 Å². The Morgan fingerprint density at radius 2 is 2.11 bits per heavy atom. The van der Waals surface area contributed by atoms with E-state index in [0.717, 1.165) is 12.0 Å². The second-order valence-corrected chi connectivity index (χ2v) is 4.98. The highest BCUT2D eigenvalue weighted by molar-refractivity contribution is 5.91. The van der Waals surface area contributed by atoms with Gasteiger partial charge >= 0.3 is 0 Å². The molecule has 0 aromatic heterocycles. The molecule has 18 heavy (non-hydrogen) atoms. The van der Waals surface area contributed by atoms with E-state index >= 15 is 0 Å². The van der Waals surface area contributed by atoms with E-state index in [1.165, 1.54) is 16.7 Å². The third-order valence-electron chi connectivity index (χ3n) is 3.62. The van der Waals surface area contributed by atoms with E-state index in [-0.39, 0.29) is 6.04 Å². The van der Waals surface area contributed by atoms with Gasteiger partial charge in [0.2, 0.25) is 0 Å². The first-order valence-electron chi connectivity index (χ1n) is 6.17. The minimum atomic E-state index is -0.880. The molecule has 96 valence electrons. The van der Waals surface area contributed by atoms with E-state index in [0.29, 0.717) is 6.54 Å². The molecule has 1 aromatic carbocycles. The molecule has 0 saturated carbocycles. The first-order chi connectivity index (χ1) is 8.41. The van der Waals surface area contributed by atoms with Crippen LogP contribution in [0.2, 0.25) is 0 Å². The molecular weight excluding hydrogens is 229 g/mol. The molecule has 3 heteroatoms. The van der Waals surface area contributed by atoms with Crippen LogP contribution < -0.4 is 0 Å². The molecule has 2 rings (SSSR count). The number of carbonyl (C=O) groups excluding carboxylic acids is 1. The number of aryl methyl sites for hydroxylation is 2. The van der Waals surface area contributed by atoms with E-state index in [1.54, 1.807) is 4.90 Å². The maximum atomic E-state index is 13.0. The normalized spacial score (nSPS) is 18.4. The van der Waals surface area contributed by atoms with Crippen LogP contribution in [0.4, 0.5) is 4.39 Å². The van der Waals surface area contributed by atoms with E-state index in [4.69, 9.17) is 0 Å². The number of halogens is 1. The van der Waals surface area contributed by atoms with Gasteiger partial charge in [-0.1, -0.05) is 24.3 Å². The summed E-state index contributed by atoms with van der Waals surface area (Å²) in [6.07, 6.45) is 0.779. The van der Waals surface area contributed by atoms with Gasteiger partial charge in [-0.15, -0.1) is 0 Å². The summed E-state index contributed by atoms with van der Waals surface area (Å²) in [6.45, 7) is 9.71. The standard InChI is InChI=1S/C15H18FNO/c1-9-7-10(2)14-12(4)17(15(18)11(3)16)6-5-13(14)8-9/h7-8,12H,3,5-6H2,1-2,4H3. The average Bonchev–Trinajstić information content (AvgIpc) is 2.27. The van der Waals surface area contributed by atoms with Crippen molar-refractivity contribution >= 4 is 5.91 Å². The van der Waals surface area contributed by atoms with Crippen molar-refractivity contribution in [2.45, 2.75) is 33.2 Å². The zero-order chi connectivity index (χ0) is 13.4. The number of amides is 1. The van der Waals surface area contributed by atoms with Crippen LogP contribution in [0.1, 0.15) is 35.2 Å². The zero-order valence-electron chi connectivity index (χ0n) is 11.1. The Morgan fingerprint density at radius 3 is 2.72 bits per heavy atom. The highest BCUT2D eigenvalue weighted by Gasteiger charge is 2.30. The summed E-state index contributed by atoms with van der Waals surface area (Å²) in [5.74, 6) is -1.47. The van der Waals surface area contributed by atoms with Gasteiger partial charge in [0, 0.05) is 6.54 Å². The van der Waals surface area contributed by atoms with Gasteiger partial charge in [-0.05, 0) is 43.9 Å². The number of rotatable bonds is 1. The van der Waals surface area contributed by atoms with Crippen LogP contribution in [-0.4, -0.2) is 17.4 Å². The molecule has 0 radical (unpaired) electrons. The lowest BCUT2D eigenvalue weighted by molar-refractivity contribution is -0.131. The Hall–Kier alpha value is -1.64. The van der Waals surface area contributed by atoms with Crippen LogP contribution in [0, 0.1) is 13.8 Å². The first kappa shape index (κ1) is 12.8. The van der Waals surface area contributed by atoms with E-state index < -0.39 is 11.7 Å². The molecular formula is C15H18FNO. The maximum Gasteiger partial charge on any atom is 0.282 e. The molecule has 0 fully saturated rings. The summed E-state index contributed by atoms with van der Waals surface area (Å²) < 4.78 is 13.0. The van der Waals surface area contributed by atoms with Gasteiger partial charge in [0.15, 0.2) is 5.83 Å². The predicted molar refractivity (Wildman–Crippen MR) is 70.0 cm³/mol. The largest absolute Gasteiger partial charge is 0.330 e. The minimum Gasteiger partial charge on any atom is -0.330 e. The number of hydrogen-bond acceptors (Lipinski definition) is 1. The van der Waals surface area contributed by atoms with Gasteiger partial charge < -0.3 is 4.90 Å². The van der Waals surface area contributed by atoms with Gasteiger partial charge in [-0.3, -0.25) is 4.79 Å². The maximum absolute atomic E-state index is 13.0. The fraction of sp³-hybridized carbons (Fsp3) is 0.400. The molecule has 1 amide bonds. The molecule has 1 unspecified atom stereocenters. The topological polar surface area (TPSA) is 20.3 Å². The van der Waals surface area contributed by atoms with E-state index in [2.05, 4.69) is 25.6 Å². The third kappa shape index (κ3) is 2.05. The van der Waals surface area contributed by atoms with Crippen LogP contribution in [0.25, 0.3) is 0 Å². The van der Waals surface area contributed by atoms with Gasteiger partial charge in [-0.25, -0.2) is 4.39 Å². The summed E-state index contributed by atoms with van der Waals surface area (Å²) in [4.78, 5) is 13.3. The Kier molecular flexibility index (Phi) is 3.24. The van der Waals surface area contributed by atoms with Crippen molar-refractivity contribution in [2.75, 3.05) is 6.54 Å². The van der Waals surface area contributed by atoms with E-state index in [9.17, 15) is 9.18 Å².